The van der Waals surface area contributed by atoms with Crippen molar-refractivity contribution in [3.05, 3.63) is 104 Å². The number of nitrogens with one attached hydrogen (secondary N) is 1. The summed E-state index contributed by atoms with van der Waals surface area (Å²) in [5.74, 6) is -0.0848. The van der Waals surface area contributed by atoms with Crippen LogP contribution in [-0.4, -0.2) is 38.2 Å². The van der Waals surface area contributed by atoms with Gasteiger partial charge in [-0.2, -0.15) is 0 Å². The van der Waals surface area contributed by atoms with Gasteiger partial charge in [0.2, 0.25) is 0 Å². The van der Waals surface area contributed by atoms with Crippen molar-refractivity contribution < 1.29 is 33.6 Å². The highest BCUT2D eigenvalue weighted by atomic mass is 79.9. The van der Waals surface area contributed by atoms with Crippen molar-refractivity contribution in [3.63, 3.8) is 0 Å². The van der Waals surface area contributed by atoms with E-state index in [1.165, 1.54) is 7.11 Å². The Morgan fingerprint density at radius 2 is 1.62 bits per heavy atom. The minimum Gasteiger partial charge on any atom is -0.503 e. The summed E-state index contributed by atoms with van der Waals surface area (Å²) >= 11 is 3.41. The largest absolute Gasteiger partial charge is 0.503 e. The monoisotopic (exact) mass is 633 g/mol. The van der Waals surface area contributed by atoms with Crippen LogP contribution >= 0.6 is 15.9 Å². The summed E-state index contributed by atoms with van der Waals surface area (Å²) in [5.41, 5.74) is 4.61. The van der Waals surface area contributed by atoms with Crippen molar-refractivity contribution in [1.82, 2.24) is 5.32 Å². The van der Waals surface area contributed by atoms with E-state index in [-0.39, 0.29) is 36.2 Å². The third-order valence-electron chi connectivity index (χ3n) is 7.74. The standard InChI is InChI=1S/C33H32BrNO7/c1-18-29(33(38)42-17-19-8-6-5-7-9-19)30(22-12-23(34)32(37)28(16-22)41-4)31-24(35-18)13-21(14-25(31)36)20-10-11-26(39-2)27(15-20)40-3/h5-12,15-16,21,30,35,37H,13-14,17H2,1-4H3/t21-,30+/m0/s1. The van der Waals surface area contributed by atoms with E-state index >= 15 is 0 Å². The molecule has 0 spiro atoms. The lowest BCUT2D eigenvalue weighted by atomic mass is 9.71. The molecule has 0 aromatic heterocycles. The number of ketones is 1. The maximum absolute atomic E-state index is 14.0. The lowest BCUT2D eigenvalue weighted by Gasteiger charge is -2.37. The maximum atomic E-state index is 14.0. The Morgan fingerprint density at radius 1 is 0.929 bits per heavy atom. The van der Waals surface area contributed by atoms with Gasteiger partial charge in [0.05, 0.1) is 31.4 Å². The lowest BCUT2D eigenvalue weighted by molar-refractivity contribution is -0.140. The number of phenols is 1. The fraction of sp³-hybridized carbons (Fsp3) is 0.273. The first-order chi connectivity index (χ1) is 20.2. The van der Waals surface area contributed by atoms with Crippen LogP contribution in [-0.2, 0) is 20.9 Å². The van der Waals surface area contributed by atoms with Crippen LogP contribution in [0.15, 0.2) is 87.7 Å². The Balaban J connectivity index is 1.56. The number of allylic oxidation sites excluding steroid dienone is 3. The predicted molar refractivity (Wildman–Crippen MR) is 161 cm³/mol. The van der Waals surface area contributed by atoms with Gasteiger partial charge in [0, 0.05) is 29.3 Å². The highest BCUT2D eigenvalue weighted by Gasteiger charge is 2.42. The van der Waals surface area contributed by atoms with E-state index in [4.69, 9.17) is 18.9 Å². The van der Waals surface area contributed by atoms with Crippen LogP contribution in [0.1, 0.15) is 48.3 Å². The van der Waals surface area contributed by atoms with Crippen LogP contribution in [0.25, 0.3) is 0 Å². The summed E-state index contributed by atoms with van der Waals surface area (Å²) < 4.78 is 22.4. The second kappa shape index (κ2) is 12.3. The van der Waals surface area contributed by atoms with Gasteiger partial charge < -0.3 is 29.4 Å². The number of methoxy groups -OCH3 is 3. The molecule has 218 valence electrons. The molecule has 1 heterocycles. The molecule has 0 amide bonds. The number of rotatable bonds is 8. The van der Waals surface area contributed by atoms with Crippen LogP contribution in [0.2, 0.25) is 0 Å². The molecule has 0 fully saturated rings. The molecule has 0 saturated heterocycles. The average Bonchev–Trinajstić information content (AvgIpc) is 3.00. The number of Topliss-reactive ketones (excluding diaryl/α,β-unsaturated/α-hetero) is 1. The van der Waals surface area contributed by atoms with Crippen LogP contribution in [0.5, 0.6) is 23.0 Å². The molecule has 2 aliphatic rings. The smallest absolute Gasteiger partial charge is 0.337 e. The van der Waals surface area contributed by atoms with E-state index in [1.54, 1.807) is 26.4 Å². The zero-order chi connectivity index (χ0) is 30.0. The summed E-state index contributed by atoms with van der Waals surface area (Å²) in [6.45, 7) is 1.90. The van der Waals surface area contributed by atoms with E-state index in [0.717, 1.165) is 16.8 Å². The molecule has 0 saturated carbocycles. The average molecular weight is 635 g/mol. The van der Waals surface area contributed by atoms with Gasteiger partial charge in [-0.3, -0.25) is 4.79 Å². The van der Waals surface area contributed by atoms with Gasteiger partial charge in [0.15, 0.2) is 28.8 Å². The predicted octanol–water partition coefficient (Wildman–Crippen LogP) is 6.29. The molecule has 8 nitrogen and oxygen atoms in total. The Kier molecular flexibility index (Phi) is 8.59. The van der Waals surface area contributed by atoms with Crippen molar-refractivity contribution in [2.24, 2.45) is 0 Å². The summed E-state index contributed by atoms with van der Waals surface area (Å²) in [6.07, 6.45) is 0.793. The van der Waals surface area contributed by atoms with Gasteiger partial charge in [-0.25, -0.2) is 4.79 Å². The molecule has 0 radical (unpaired) electrons. The first-order valence-corrected chi connectivity index (χ1v) is 14.3. The maximum Gasteiger partial charge on any atom is 0.337 e. The van der Waals surface area contributed by atoms with E-state index in [2.05, 4.69) is 21.2 Å². The van der Waals surface area contributed by atoms with E-state index in [1.807, 2.05) is 55.5 Å². The summed E-state index contributed by atoms with van der Waals surface area (Å²) in [5, 5.41) is 13.9. The summed E-state index contributed by atoms with van der Waals surface area (Å²) in [7, 11) is 4.62. The number of carbonyl (C=O) groups excluding carboxylic acids is 2. The molecule has 5 rings (SSSR count). The quantitative estimate of drug-likeness (QED) is 0.279. The fourth-order valence-electron chi connectivity index (χ4n) is 5.70. The molecule has 1 aliphatic carbocycles. The third kappa shape index (κ3) is 5.61. The van der Waals surface area contributed by atoms with Gasteiger partial charge in [-0.05, 0) is 76.1 Å². The van der Waals surface area contributed by atoms with Gasteiger partial charge in [-0.15, -0.1) is 0 Å². The second-order valence-electron chi connectivity index (χ2n) is 10.2. The van der Waals surface area contributed by atoms with E-state index in [9.17, 15) is 14.7 Å². The number of dihydropyridines is 1. The Bertz CT molecular complexity index is 1600. The number of benzene rings is 3. The van der Waals surface area contributed by atoms with Crippen molar-refractivity contribution in [3.8, 4) is 23.0 Å². The molecule has 42 heavy (non-hydrogen) atoms. The molecular weight excluding hydrogens is 602 g/mol. The van der Waals surface area contributed by atoms with Gasteiger partial charge >= 0.3 is 5.97 Å². The number of ether oxygens (including phenoxy) is 4. The van der Waals surface area contributed by atoms with Crippen molar-refractivity contribution in [2.45, 2.75) is 38.2 Å². The summed E-state index contributed by atoms with van der Waals surface area (Å²) in [4.78, 5) is 27.7. The van der Waals surface area contributed by atoms with Crippen LogP contribution in [0.3, 0.4) is 0 Å². The molecule has 0 unspecified atom stereocenters. The highest BCUT2D eigenvalue weighted by Crippen LogP contribution is 2.48. The molecule has 0 bridgehead atoms. The zero-order valence-corrected chi connectivity index (χ0v) is 25.4. The molecule has 3 aromatic rings. The molecule has 2 atom stereocenters. The first kappa shape index (κ1) is 29.3. The van der Waals surface area contributed by atoms with Crippen molar-refractivity contribution >= 4 is 27.7 Å². The number of hydrogen-bond donors (Lipinski definition) is 2. The fourth-order valence-corrected chi connectivity index (χ4v) is 6.16. The Hall–Kier alpha value is -4.24. The number of aromatic hydroxyl groups is 1. The van der Waals surface area contributed by atoms with Crippen LogP contribution in [0.4, 0.5) is 0 Å². The Morgan fingerprint density at radius 3 is 2.31 bits per heavy atom. The number of carbonyl (C=O) groups is 2. The number of halogens is 1. The van der Waals surface area contributed by atoms with Gasteiger partial charge in [0.1, 0.15) is 6.61 Å². The molecule has 9 heteroatoms. The SMILES string of the molecule is COc1ccc([C@@H]2CC(=O)C3=C(C2)NC(C)=C(C(=O)OCc2ccccc2)[C@H]3c2cc(Br)c(O)c(OC)c2)cc1OC. The van der Waals surface area contributed by atoms with Crippen LogP contribution in [0, 0.1) is 0 Å². The number of phenolic OH excluding ortho intramolecular Hbond substituents is 1. The molecule has 3 aromatic carbocycles. The molecular formula is C33H32BrNO7. The van der Waals surface area contributed by atoms with Crippen molar-refractivity contribution in [2.75, 3.05) is 21.3 Å². The third-order valence-corrected chi connectivity index (χ3v) is 8.35. The van der Waals surface area contributed by atoms with Crippen molar-refractivity contribution in [1.29, 1.82) is 0 Å². The summed E-state index contributed by atoms with van der Waals surface area (Å²) in [6, 6.07) is 18.5. The van der Waals surface area contributed by atoms with Gasteiger partial charge in [-0.1, -0.05) is 36.4 Å². The number of esters is 1. The molecule has 1 aliphatic heterocycles. The second-order valence-corrected chi connectivity index (χ2v) is 11.1. The van der Waals surface area contributed by atoms with E-state index < -0.39 is 11.9 Å². The minimum atomic E-state index is -0.728. The minimum absolute atomic E-state index is 0.0678. The van der Waals surface area contributed by atoms with Gasteiger partial charge in [0.25, 0.3) is 0 Å². The number of hydrogen-bond acceptors (Lipinski definition) is 8. The topological polar surface area (TPSA) is 103 Å². The lowest BCUT2D eigenvalue weighted by Crippen LogP contribution is -2.36. The Labute approximate surface area is 253 Å². The van der Waals surface area contributed by atoms with E-state index in [0.29, 0.717) is 44.8 Å². The normalized spacial score (nSPS) is 18.3. The highest BCUT2D eigenvalue weighted by molar-refractivity contribution is 9.10. The first-order valence-electron chi connectivity index (χ1n) is 13.5. The zero-order valence-electron chi connectivity index (χ0n) is 23.8. The van der Waals surface area contributed by atoms with Crippen LogP contribution < -0.4 is 19.5 Å². The molecule has 2 N–H and O–H groups in total.